The lowest BCUT2D eigenvalue weighted by Crippen LogP contribution is -2.19. The summed E-state index contributed by atoms with van der Waals surface area (Å²) in [6, 6.07) is 14.6. The van der Waals surface area contributed by atoms with Gasteiger partial charge < -0.3 is 9.73 Å². The van der Waals surface area contributed by atoms with Gasteiger partial charge in [-0.25, -0.2) is 0 Å². The average Bonchev–Trinajstić information content (AvgIpc) is 2.76. The monoisotopic (exact) mass is 341 g/mol. The molecule has 0 amide bonds. The van der Waals surface area contributed by atoms with Crippen LogP contribution in [0.25, 0.3) is 0 Å². The highest BCUT2D eigenvalue weighted by atomic mass is 127. The molecule has 0 saturated carbocycles. The first-order chi connectivity index (χ1) is 8.25. The van der Waals surface area contributed by atoms with Gasteiger partial charge in [0, 0.05) is 6.54 Å². The molecule has 1 unspecified atom stereocenters. The van der Waals surface area contributed by atoms with E-state index in [0.29, 0.717) is 5.92 Å². The molecule has 0 fully saturated rings. The SMILES string of the molecule is CC(CNCc1ccc(I)o1)c1ccccc1. The topological polar surface area (TPSA) is 25.2 Å². The predicted molar refractivity (Wildman–Crippen MR) is 78.0 cm³/mol. The summed E-state index contributed by atoms with van der Waals surface area (Å²) in [5.41, 5.74) is 1.37. The van der Waals surface area contributed by atoms with Crippen molar-refractivity contribution in [2.45, 2.75) is 19.4 Å². The highest BCUT2D eigenvalue weighted by Crippen LogP contribution is 2.14. The van der Waals surface area contributed by atoms with E-state index in [2.05, 4.69) is 65.2 Å². The van der Waals surface area contributed by atoms with Gasteiger partial charge in [0.05, 0.1) is 6.54 Å². The number of benzene rings is 1. The molecule has 1 N–H and O–H groups in total. The molecule has 3 heteroatoms. The molecule has 0 aliphatic heterocycles. The zero-order chi connectivity index (χ0) is 12.1. The number of furan rings is 1. The molecule has 1 heterocycles. The Kier molecular flexibility index (Phi) is 4.62. The molecule has 1 aromatic heterocycles. The second-order valence-corrected chi connectivity index (χ2v) is 5.21. The van der Waals surface area contributed by atoms with Crippen LogP contribution >= 0.6 is 22.6 Å². The summed E-state index contributed by atoms with van der Waals surface area (Å²) < 4.78 is 6.44. The Balaban J connectivity index is 1.79. The fourth-order valence-corrected chi connectivity index (χ4v) is 2.22. The Morgan fingerprint density at radius 3 is 2.59 bits per heavy atom. The lowest BCUT2D eigenvalue weighted by Gasteiger charge is -2.12. The normalized spacial score (nSPS) is 12.6. The van der Waals surface area contributed by atoms with Gasteiger partial charge in [0.25, 0.3) is 0 Å². The van der Waals surface area contributed by atoms with E-state index in [-0.39, 0.29) is 0 Å². The average molecular weight is 341 g/mol. The van der Waals surface area contributed by atoms with Crippen molar-refractivity contribution < 1.29 is 4.42 Å². The van der Waals surface area contributed by atoms with E-state index in [0.717, 1.165) is 22.6 Å². The van der Waals surface area contributed by atoms with E-state index in [9.17, 15) is 0 Å². The van der Waals surface area contributed by atoms with Gasteiger partial charge in [-0.3, -0.25) is 0 Å². The largest absolute Gasteiger partial charge is 0.454 e. The molecular formula is C14H16INO. The number of halogens is 1. The maximum Gasteiger partial charge on any atom is 0.164 e. The molecule has 0 spiro atoms. The minimum atomic E-state index is 0.519. The van der Waals surface area contributed by atoms with Crippen molar-refractivity contribution in [3.63, 3.8) is 0 Å². The molecule has 0 aliphatic carbocycles. The Labute approximate surface area is 116 Å². The van der Waals surface area contributed by atoms with Gasteiger partial charge in [0.1, 0.15) is 5.76 Å². The van der Waals surface area contributed by atoms with Gasteiger partial charge in [-0.2, -0.15) is 0 Å². The molecule has 0 bridgehead atoms. The van der Waals surface area contributed by atoms with Crippen molar-refractivity contribution in [1.29, 1.82) is 0 Å². The summed E-state index contributed by atoms with van der Waals surface area (Å²) in [5, 5.41) is 3.42. The Bertz CT molecular complexity index is 452. The van der Waals surface area contributed by atoms with Gasteiger partial charge in [0.15, 0.2) is 3.77 Å². The molecule has 90 valence electrons. The van der Waals surface area contributed by atoms with Crippen molar-refractivity contribution in [3.8, 4) is 0 Å². The molecule has 0 radical (unpaired) electrons. The van der Waals surface area contributed by atoms with E-state index < -0.39 is 0 Å². The smallest absolute Gasteiger partial charge is 0.164 e. The molecule has 0 aliphatic rings. The van der Waals surface area contributed by atoms with Crippen LogP contribution < -0.4 is 5.32 Å². The summed E-state index contributed by atoms with van der Waals surface area (Å²) in [7, 11) is 0. The summed E-state index contributed by atoms with van der Waals surface area (Å²) in [6.45, 7) is 3.98. The minimum Gasteiger partial charge on any atom is -0.454 e. The van der Waals surface area contributed by atoms with Gasteiger partial charge in [0.2, 0.25) is 0 Å². The van der Waals surface area contributed by atoms with Crippen LogP contribution in [0.5, 0.6) is 0 Å². The Morgan fingerprint density at radius 2 is 1.94 bits per heavy atom. The number of rotatable bonds is 5. The van der Waals surface area contributed by atoms with Gasteiger partial charge >= 0.3 is 0 Å². The summed E-state index contributed by atoms with van der Waals surface area (Å²) >= 11 is 2.18. The van der Waals surface area contributed by atoms with Crippen LogP contribution in [0, 0.1) is 3.77 Å². The zero-order valence-corrected chi connectivity index (χ0v) is 12.0. The number of hydrogen-bond donors (Lipinski definition) is 1. The Hall–Kier alpha value is -0.810. The first-order valence-electron chi connectivity index (χ1n) is 5.75. The molecule has 17 heavy (non-hydrogen) atoms. The van der Waals surface area contributed by atoms with E-state index in [1.165, 1.54) is 5.56 Å². The van der Waals surface area contributed by atoms with Crippen molar-refractivity contribution in [1.82, 2.24) is 5.32 Å². The van der Waals surface area contributed by atoms with Crippen LogP contribution in [-0.2, 0) is 6.54 Å². The zero-order valence-electron chi connectivity index (χ0n) is 9.82. The summed E-state index contributed by atoms with van der Waals surface area (Å²) in [4.78, 5) is 0. The Morgan fingerprint density at radius 1 is 1.18 bits per heavy atom. The van der Waals surface area contributed by atoms with E-state index in [1.54, 1.807) is 0 Å². The van der Waals surface area contributed by atoms with Crippen LogP contribution in [0.1, 0.15) is 24.2 Å². The quantitative estimate of drug-likeness (QED) is 0.838. The predicted octanol–water partition coefficient (Wildman–Crippen LogP) is 3.78. The fraction of sp³-hybridized carbons (Fsp3) is 0.286. The lowest BCUT2D eigenvalue weighted by molar-refractivity contribution is 0.458. The van der Waals surface area contributed by atoms with Gasteiger partial charge in [-0.15, -0.1) is 0 Å². The standard InChI is InChI=1S/C14H16INO/c1-11(12-5-3-2-4-6-12)9-16-10-13-7-8-14(15)17-13/h2-8,11,16H,9-10H2,1H3. The fourth-order valence-electron chi connectivity index (χ4n) is 1.76. The molecule has 2 aromatic rings. The number of nitrogens with one attached hydrogen (secondary N) is 1. The molecule has 0 saturated heterocycles. The second kappa shape index (κ2) is 6.21. The van der Waals surface area contributed by atoms with Crippen molar-refractivity contribution >= 4 is 22.6 Å². The van der Waals surface area contributed by atoms with Gasteiger partial charge in [-0.1, -0.05) is 37.3 Å². The first kappa shape index (κ1) is 12.6. The highest BCUT2D eigenvalue weighted by Gasteiger charge is 2.05. The highest BCUT2D eigenvalue weighted by molar-refractivity contribution is 14.1. The molecule has 2 rings (SSSR count). The van der Waals surface area contributed by atoms with E-state index >= 15 is 0 Å². The third-order valence-electron chi connectivity index (χ3n) is 2.75. The van der Waals surface area contributed by atoms with Crippen molar-refractivity contribution in [2.24, 2.45) is 0 Å². The van der Waals surface area contributed by atoms with Gasteiger partial charge in [-0.05, 0) is 46.2 Å². The van der Waals surface area contributed by atoms with Crippen LogP contribution in [0.3, 0.4) is 0 Å². The maximum atomic E-state index is 5.50. The van der Waals surface area contributed by atoms with Crippen LogP contribution in [0.2, 0.25) is 0 Å². The minimum absolute atomic E-state index is 0.519. The molecule has 2 nitrogen and oxygen atoms in total. The first-order valence-corrected chi connectivity index (χ1v) is 6.83. The maximum absolute atomic E-state index is 5.50. The van der Waals surface area contributed by atoms with Crippen molar-refractivity contribution in [3.05, 3.63) is 57.6 Å². The summed E-state index contributed by atoms with van der Waals surface area (Å²) in [6.07, 6.45) is 0. The van der Waals surface area contributed by atoms with Crippen molar-refractivity contribution in [2.75, 3.05) is 6.54 Å². The molecule has 1 aromatic carbocycles. The van der Waals surface area contributed by atoms with Crippen LogP contribution in [0.15, 0.2) is 46.9 Å². The van der Waals surface area contributed by atoms with Crippen LogP contribution in [-0.4, -0.2) is 6.54 Å². The third-order valence-corrected chi connectivity index (χ3v) is 3.33. The second-order valence-electron chi connectivity index (χ2n) is 4.15. The lowest BCUT2D eigenvalue weighted by atomic mass is 10.0. The van der Waals surface area contributed by atoms with E-state index in [4.69, 9.17) is 4.42 Å². The summed E-state index contributed by atoms with van der Waals surface area (Å²) in [5.74, 6) is 1.51. The molecule has 1 atom stereocenters. The number of hydrogen-bond acceptors (Lipinski definition) is 2. The van der Waals surface area contributed by atoms with Crippen LogP contribution in [0.4, 0.5) is 0 Å². The molecular weight excluding hydrogens is 325 g/mol. The third kappa shape index (κ3) is 3.85. The van der Waals surface area contributed by atoms with E-state index in [1.807, 2.05) is 12.1 Å².